The second kappa shape index (κ2) is 4.09. The van der Waals surface area contributed by atoms with Crippen LogP contribution in [0.5, 0.6) is 0 Å². The minimum Gasteiger partial charge on any atom is -0.314 e. The third kappa shape index (κ3) is 1.95. The van der Waals surface area contributed by atoms with Crippen LogP contribution in [0.4, 0.5) is 0 Å². The number of rotatable bonds is 3. The summed E-state index contributed by atoms with van der Waals surface area (Å²) in [6.45, 7) is 5.45. The minimum absolute atomic E-state index is 0.572. The normalized spacial score (nSPS) is 20.1. The molecule has 2 rings (SSSR count). The highest BCUT2D eigenvalue weighted by molar-refractivity contribution is 5.28. The lowest BCUT2D eigenvalue weighted by Crippen LogP contribution is -2.27. The molecule has 1 aliphatic rings. The van der Waals surface area contributed by atoms with Crippen molar-refractivity contribution in [1.29, 1.82) is 0 Å². The molecular weight excluding hydrogens is 172 g/mol. The molecule has 0 aliphatic heterocycles. The van der Waals surface area contributed by atoms with Gasteiger partial charge in [-0.1, -0.05) is 19.9 Å². The summed E-state index contributed by atoms with van der Waals surface area (Å²) >= 11 is 0. The molecule has 1 aliphatic carbocycles. The van der Waals surface area contributed by atoms with Gasteiger partial charge in [0.05, 0.1) is 0 Å². The van der Waals surface area contributed by atoms with Crippen LogP contribution in [0, 0.1) is 0 Å². The molecule has 0 aromatic carbocycles. The van der Waals surface area contributed by atoms with Crippen LogP contribution >= 0.6 is 0 Å². The monoisotopic (exact) mass is 190 g/mol. The van der Waals surface area contributed by atoms with Crippen molar-refractivity contribution in [1.82, 2.24) is 10.3 Å². The summed E-state index contributed by atoms with van der Waals surface area (Å²) in [5.74, 6) is 0.633. The van der Waals surface area contributed by atoms with Crippen LogP contribution in [0.25, 0.3) is 0 Å². The lowest BCUT2D eigenvalue weighted by atomic mass is 10.1. The molecule has 1 atom stereocenters. The molecule has 14 heavy (non-hydrogen) atoms. The lowest BCUT2D eigenvalue weighted by Gasteiger charge is -2.13. The van der Waals surface area contributed by atoms with Gasteiger partial charge in [0, 0.05) is 30.4 Å². The van der Waals surface area contributed by atoms with Crippen molar-refractivity contribution < 1.29 is 0 Å². The molecule has 0 saturated heterocycles. The average Bonchev–Trinajstić information content (AvgIpc) is 2.58. The van der Waals surface area contributed by atoms with E-state index in [4.69, 9.17) is 0 Å². The van der Waals surface area contributed by atoms with E-state index in [2.05, 4.69) is 30.2 Å². The van der Waals surface area contributed by atoms with Crippen molar-refractivity contribution in [3.63, 3.8) is 0 Å². The highest BCUT2D eigenvalue weighted by Crippen LogP contribution is 2.30. The first kappa shape index (κ1) is 9.66. The summed E-state index contributed by atoms with van der Waals surface area (Å²) in [4.78, 5) is 4.48. The van der Waals surface area contributed by atoms with Crippen molar-refractivity contribution >= 4 is 0 Å². The Labute approximate surface area is 85.7 Å². The van der Waals surface area contributed by atoms with Crippen molar-refractivity contribution in [3.8, 4) is 0 Å². The Morgan fingerprint density at radius 1 is 1.57 bits per heavy atom. The number of fused-ring (bicyclic) bond motifs is 1. The smallest absolute Gasteiger partial charge is 0.0479 e. The van der Waals surface area contributed by atoms with E-state index in [-0.39, 0.29) is 0 Å². The fraction of sp³-hybridized carbons (Fsp3) is 0.583. The Balaban J connectivity index is 2.03. The second-order valence-corrected chi connectivity index (χ2v) is 4.35. The minimum atomic E-state index is 0.572. The average molecular weight is 190 g/mol. The van der Waals surface area contributed by atoms with Crippen molar-refractivity contribution in [2.45, 2.75) is 38.6 Å². The molecule has 2 nitrogen and oxygen atoms in total. The zero-order valence-electron chi connectivity index (χ0n) is 8.96. The number of hydrogen-bond donors (Lipinski definition) is 1. The Morgan fingerprint density at radius 2 is 2.43 bits per heavy atom. The quantitative estimate of drug-likeness (QED) is 0.789. The van der Waals surface area contributed by atoms with Gasteiger partial charge in [-0.3, -0.25) is 4.98 Å². The molecule has 0 spiro atoms. The standard InChI is InChI=1S/C12H18N2/c1-9(2)14-8-11-6-5-10-4-3-7-13-12(10)11/h3-4,7,9,11,14H,5-6,8H2,1-2H3. The van der Waals surface area contributed by atoms with Crippen LogP contribution in [-0.2, 0) is 6.42 Å². The van der Waals surface area contributed by atoms with Gasteiger partial charge in [-0.05, 0) is 24.5 Å². The maximum atomic E-state index is 4.48. The third-order valence-corrected chi connectivity index (χ3v) is 2.85. The van der Waals surface area contributed by atoms with Gasteiger partial charge in [0.1, 0.15) is 0 Å². The first-order valence-electron chi connectivity index (χ1n) is 5.44. The number of aromatic nitrogens is 1. The predicted octanol–water partition coefficient (Wildman–Crippen LogP) is 2.11. The summed E-state index contributed by atoms with van der Waals surface area (Å²) in [6, 6.07) is 4.82. The van der Waals surface area contributed by atoms with Crippen LogP contribution in [0.3, 0.4) is 0 Å². The summed E-state index contributed by atoms with van der Waals surface area (Å²) < 4.78 is 0. The molecule has 1 heterocycles. The zero-order chi connectivity index (χ0) is 9.97. The highest BCUT2D eigenvalue weighted by atomic mass is 14.9. The summed E-state index contributed by atoms with van der Waals surface area (Å²) in [6.07, 6.45) is 4.37. The van der Waals surface area contributed by atoms with E-state index in [1.807, 2.05) is 12.3 Å². The van der Waals surface area contributed by atoms with Crippen molar-refractivity contribution in [2.75, 3.05) is 6.54 Å². The molecule has 0 amide bonds. The van der Waals surface area contributed by atoms with Crippen LogP contribution in [0.15, 0.2) is 18.3 Å². The molecule has 0 bridgehead atoms. The highest BCUT2D eigenvalue weighted by Gasteiger charge is 2.22. The second-order valence-electron chi connectivity index (χ2n) is 4.35. The van der Waals surface area contributed by atoms with E-state index < -0.39 is 0 Å². The van der Waals surface area contributed by atoms with E-state index in [0.717, 1.165) is 6.54 Å². The van der Waals surface area contributed by atoms with Crippen LogP contribution in [0.1, 0.15) is 37.4 Å². The molecule has 0 saturated carbocycles. The topological polar surface area (TPSA) is 24.9 Å². The summed E-state index contributed by atoms with van der Waals surface area (Å²) in [5.41, 5.74) is 2.77. The zero-order valence-corrected chi connectivity index (χ0v) is 8.96. The summed E-state index contributed by atoms with van der Waals surface area (Å²) in [5, 5.41) is 3.49. The van der Waals surface area contributed by atoms with E-state index in [9.17, 15) is 0 Å². The maximum Gasteiger partial charge on any atom is 0.0479 e. The van der Waals surface area contributed by atoms with Crippen LogP contribution < -0.4 is 5.32 Å². The Kier molecular flexibility index (Phi) is 2.82. The Morgan fingerprint density at radius 3 is 3.21 bits per heavy atom. The molecule has 1 aromatic rings. The lowest BCUT2D eigenvalue weighted by molar-refractivity contribution is 0.522. The van der Waals surface area contributed by atoms with E-state index in [1.54, 1.807) is 0 Å². The predicted molar refractivity (Wildman–Crippen MR) is 58.4 cm³/mol. The Bertz CT molecular complexity index is 307. The van der Waals surface area contributed by atoms with Gasteiger partial charge in [-0.15, -0.1) is 0 Å². The number of nitrogens with zero attached hydrogens (tertiary/aromatic N) is 1. The van der Waals surface area contributed by atoms with Gasteiger partial charge in [0.25, 0.3) is 0 Å². The van der Waals surface area contributed by atoms with E-state index in [1.165, 1.54) is 24.1 Å². The third-order valence-electron chi connectivity index (χ3n) is 2.85. The number of nitrogens with one attached hydrogen (secondary N) is 1. The first-order valence-corrected chi connectivity index (χ1v) is 5.44. The fourth-order valence-corrected chi connectivity index (χ4v) is 2.07. The van der Waals surface area contributed by atoms with Crippen LogP contribution in [-0.4, -0.2) is 17.6 Å². The van der Waals surface area contributed by atoms with Crippen LogP contribution in [0.2, 0.25) is 0 Å². The van der Waals surface area contributed by atoms with Gasteiger partial charge >= 0.3 is 0 Å². The maximum absolute atomic E-state index is 4.48. The Hall–Kier alpha value is -0.890. The molecule has 1 aromatic heterocycles. The molecule has 1 unspecified atom stereocenters. The van der Waals surface area contributed by atoms with Gasteiger partial charge in [-0.25, -0.2) is 0 Å². The number of hydrogen-bond acceptors (Lipinski definition) is 2. The fourth-order valence-electron chi connectivity index (χ4n) is 2.07. The summed E-state index contributed by atoms with van der Waals surface area (Å²) in [7, 11) is 0. The number of pyridine rings is 1. The van der Waals surface area contributed by atoms with Crippen molar-refractivity contribution in [3.05, 3.63) is 29.6 Å². The number of aryl methyl sites for hydroxylation is 1. The van der Waals surface area contributed by atoms with Crippen molar-refractivity contribution in [2.24, 2.45) is 0 Å². The van der Waals surface area contributed by atoms with Gasteiger partial charge in [0.2, 0.25) is 0 Å². The van der Waals surface area contributed by atoms with Gasteiger partial charge < -0.3 is 5.32 Å². The molecule has 0 radical (unpaired) electrons. The largest absolute Gasteiger partial charge is 0.314 e. The van der Waals surface area contributed by atoms with E-state index in [0.29, 0.717) is 12.0 Å². The van der Waals surface area contributed by atoms with E-state index >= 15 is 0 Å². The molecular formula is C12H18N2. The molecule has 2 heteroatoms. The molecule has 1 N–H and O–H groups in total. The first-order chi connectivity index (χ1) is 6.77. The van der Waals surface area contributed by atoms with Gasteiger partial charge in [0.15, 0.2) is 0 Å². The SMILES string of the molecule is CC(C)NCC1CCc2cccnc21. The van der Waals surface area contributed by atoms with Gasteiger partial charge in [-0.2, -0.15) is 0 Å². The molecule has 76 valence electrons. The molecule has 0 fully saturated rings.